The lowest BCUT2D eigenvalue weighted by Crippen LogP contribution is -2.14. The van der Waals surface area contributed by atoms with Crippen LogP contribution in [0.25, 0.3) is 22.1 Å². The number of fused-ring (bicyclic) bond motifs is 2. The van der Waals surface area contributed by atoms with E-state index in [4.69, 9.17) is 14.5 Å². The van der Waals surface area contributed by atoms with Crippen LogP contribution in [0.1, 0.15) is 41.3 Å². The van der Waals surface area contributed by atoms with Crippen LogP contribution >= 0.6 is 0 Å². The van der Waals surface area contributed by atoms with Gasteiger partial charge in [0.15, 0.2) is 5.65 Å². The molecule has 1 aromatic carbocycles. The molecule has 1 aliphatic heterocycles. The van der Waals surface area contributed by atoms with Gasteiger partial charge in [-0.15, -0.1) is 0 Å². The highest BCUT2D eigenvalue weighted by Gasteiger charge is 2.19. The van der Waals surface area contributed by atoms with E-state index >= 15 is 0 Å². The first-order chi connectivity index (χ1) is 14.1. The number of pyridine rings is 1. The molecule has 6 heteroatoms. The second kappa shape index (κ2) is 7.19. The van der Waals surface area contributed by atoms with Crippen LogP contribution in [0.3, 0.4) is 0 Å². The number of nitrogens with zero attached hydrogens (tertiary/aromatic N) is 3. The van der Waals surface area contributed by atoms with E-state index in [2.05, 4.69) is 51.8 Å². The Morgan fingerprint density at radius 3 is 2.76 bits per heavy atom. The number of nitrogens with one attached hydrogen (secondary N) is 1. The van der Waals surface area contributed by atoms with Crippen LogP contribution in [-0.4, -0.2) is 39.8 Å². The number of rotatable bonds is 4. The minimum atomic E-state index is 0.562. The second-order valence-electron chi connectivity index (χ2n) is 7.97. The fourth-order valence-corrected chi connectivity index (χ4v) is 4.40. The molecular formula is C23H26N4O2. The van der Waals surface area contributed by atoms with Crippen molar-refractivity contribution in [3.63, 3.8) is 0 Å². The maximum absolute atomic E-state index is 5.56. The van der Waals surface area contributed by atoms with Crippen LogP contribution in [-0.2, 0) is 11.3 Å². The highest BCUT2D eigenvalue weighted by molar-refractivity contribution is 5.81. The zero-order valence-corrected chi connectivity index (χ0v) is 17.2. The van der Waals surface area contributed by atoms with Crippen molar-refractivity contribution in [3.8, 4) is 6.01 Å². The molecular weight excluding hydrogens is 364 g/mol. The number of hydrogen-bond donors (Lipinski definition) is 1. The number of imidazole rings is 1. The highest BCUT2D eigenvalue weighted by atomic mass is 16.5. The molecule has 6 nitrogen and oxygen atoms in total. The third-order valence-corrected chi connectivity index (χ3v) is 5.88. The molecule has 0 radical (unpaired) electrons. The Labute approximate surface area is 169 Å². The van der Waals surface area contributed by atoms with Crippen LogP contribution in [0.2, 0.25) is 0 Å². The molecule has 1 aliphatic rings. The highest BCUT2D eigenvalue weighted by Crippen LogP contribution is 2.30. The number of aromatic amines is 1. The molecule has 1 saturated heterocycles. The van der Waals surface area contributed by atoms with Crippen molar-refractivity contribution in [2.75, 3.05) is 20.3 Å². The quantitative estimate of drug-likeness (QED) is 0.558. The lowest BCUT2D eigenvalue weighted by Gasteiger charge is -2.20. The monoisotopic (exact) mass is 390 g/mol. The molecule has 29 heavy (non-hydrogen) atoms. The molecule has 0 unspecified atom stereocenters. The SMILES string of the molecule is COc1nc2c(C)cc(C)nc2n1Cc1ccc2[nH]c(C3CCOCC3)cc2c1. The van der Waals surface area contributed by atoms with Gasteiger partial charge < -0.3 is 14.5 Å². The molecule has 1 N–H and O–H groups in total. The number of ether oxygens (including phenoxy) is 2. The molecule has 0 spiro atoms. The van der Waals surface area contributed by atoms with E-state index in [1.807, 2.05) is 6.92 Å². The average molecular weight is 390 g/mol. The fraction of sp³-hybridized carbons (Fsp3) is 0.391. The lowest BCUT2D eigenvalue weighted by molar-refractivity contribution is 0.0846. The number of hydrogen-bond acceptors (Lipinski definition) is 4. The van der Waals surface area contributed by atoms with Crippen LogP contribution < -0.4 is 4.74 Å². The van der Waals surface area contributed by atoms with E-state index in [0.717, 1.165) is 48.5 Å². The van der Waals surface area contributed by atoms with Crippen molar-refractivity contribution in [1.29, 1.82) is 0 Å². The van der Waals surface area contributed by atoms with Crippen LogP contribution in [0.4, 0.5) is 0 Å². The minimum Gasteiger partial charge on any atom is -0.468 e. The van der Waals surface area contributed by atoms with E-state index in [9.17, 15) is 0 Å². The van der Waals surface area contributed by atoms with E-state index in [0.29, 0.717) is 18.5 Å². The standard InChI is InChI=1S/C23H26N4O2/c1-14-10-15(2)24-22-21(14)26-23(28-3)27(22)13-16-4-5-19-18(11-16)12-20(25-19)17-6-8-29-9-7-17/h4-5,10-12,17,25H,6-9,13H2,1-3H3. The summed E-state index contributed by atoms with van der Waals surface area (Å²) in [4.78, 5) is 13.0. The summed E-state index contributed by atoms with van der Waals surface area (Å²) in [6.45, 7) is 6.45. The molecule has 3 aromatic heterocycles. The third-order valence-electron chi connectivity index (χ3n) is 5.88. The summed E-state index contributed by atoms with van der Waals surface area (Å²) in [6.07, 6.45) is 2.17. The summed E-state index contributed by atoms with van der Waals surface area (Å²) >= 11 is 0. The Bertz CT molecular complexity index is 1180. The first kappa shape index (κ1) is 18.2. The van der Waals surface area contributed by atoms with Gasteiger partial charge in [-0.05, 0) is 67.5 Å². The molecule has 0 amide bonds. The van der Waals surface area contributed by atoms with Gasteiger partial charge in [0.2, 0.25) is 0 Å². The smallest absolute Gasteiger partial charge is 0.298 e. The molecule has 4 aromatic rings. The Kier molecular flexibility index (Phi) is 4.51. The Morgan fingerprint density at radius 1 is 1.14 bits per heavy atom. The first-order valence-electron chi connectivity index (χ1n) is 10.2. The predicted molar refractivity (Wildman–Crippen MR) is 114 cm³/mol. The van der Waals surface area contributed by atoms with Gasteiger partial charge in [-0.3, -0.25) is 4.57 Å². The van der Waals surface area contributed by atoms with Crippen molar-refractivity contribution in [1.82, 2.24) is 19.5 Å². The van der Waals surface area contributed by atoms with Crippen molar-refractivity contribution in [3.05, 3.63) is 52.8 Å². The summed E-state index contributed by atoms with van der Waals surface area (Å²) in [5.41, 5.74) is 7.58. The van der Waals surface area contributed by atoms with Crippen molar-refractivity contribution in [2.24, 2.45) is 0 Å². The van der Waals surface area contributed by atoms with Gasteiger partial charge in [0.1, 0.15) is 5.52 Å². The zero-order chi connectivity index (χ0) is 20.0. The fourth-order valence-electron chi connectivity index (χ4n) is 4.40. The molecule has 0 bridgehead atoms. The Hall–Kier alpha value is -2.86. The summed E-state index contributed by atoms with van der Waals surface area (Å²) in [5.74, 6) is 0.562. The number of H-pyrrole nitrogens is 1. The van der Waals surface area contributed by atoms with Gasteiger partial charge >= 0.3 is 0 Å². The lowest BCUT2D eigenvalue weighted by atomic mass is 9.96. The molecule has 0 saturated carbocycles. The topological polar surface area (TPSA) is 65.0 Å². The van der Waals surface area contributed by atoms with Crippen molar-refractivity contribution < 1.29 is 9.47 Å². The minimum absolute atomic E-state index is 0.562. The van der Waals surface area contributed by atoms with Crippen LogP contribution in [0, 0.1) is 13.8 Å². The van der Waals surface area contributed by atoms with Gasteiger partial charge in [-0.2, -0.15) is 4.98 Å². The van der Waals surface area contributed by atoms with E-state index < -0.39 is 0 Å². The molecule has 5 rings (SSSR count). The van der Waals surface area contributed by atoms with E-state index in [1.165, 1.54) is 22.2 Å². The second-order valence-corrected chi connectivity index (χ2v) is 7.97. The Balaban J connectivity index is 1.51. The van der Waals surface area contributed by atoms with Crippen molar-refractivity contribution >= 4 is 22.1 Å². The predicted octanol–water partition coefficient (Wildman–Crippen LogP) is 4.48. The normalized spacial score (nSPS) is 15.4. The maximum Gasteiger partial charge on any atom is 0.298 e. The zero-order valence-electron chi connectivity index (χ0n) is 17.2. The first-order valence-corrected chi connectivity index (χ1v) is 10.2. The van der Waals surface area contributed by atoms with Crippen molar-refractivity contribution in [2.45, 2.75) is 39.2 Å². The average Bonchev–Trinajstić information content (AvgIpc) is 3.30. The summed E-state index contributed by atoms with van der Waals surface area (Å²) in [6, 6.07) is 11.5. The van der Waals surface area contributed by atoms with Crippen LogP contribution in [0.15, 0.2) is 30.3 Å². The Morgan fingerprint density at radius 2 is 1.97 bits per heavy atom. The summed E-state index contributed by atoms with van der Waals surface area (Å²) in [5, 5.41) is 1.24. The number of benzene rings is 1. The summed E-state index contributed by atoms with van der Waals surface area (Å²) in [7, 11) is 1.66. The van der Waals surface area contributed by atoms with Gasteiger partial charge in [0.25, 0.3) is 6.01 Å². The van der Waals surface area contributed by atoms with Crippen LogP contribution in [0.5, 0.6) is 6.01 Å². The molecule has 1 fully saturated rings. The van der Waals surface area contributed by atoms with Gasteiger partial charge in [-0.1, -0.05) is 6.07 Å². The van der Waals surface area contributed by atoms with E-state index in [1.54, 1.807) is 7.11 Å². The molecule has 0 aliphatic carbocycles. The van der Waals surface area contributed by atoms with E-state index in [-0.39, 0.29) is 0 Å². The van der Waals surface area contributed by atoms with Gasteiger partial charge in [0.05, 0.1) is 13.7 Å². The third kappa shape index (κ3) is 3.27. The van der Waals surface area contributed by atoms with Gasteiger partial charge in [-0.25, -0.2) is 4.98 Å². The number of methoxy groups -OCH3 is 1. The van der Waals surface area contributed by atoms with Gasteiger partial charge in [0, 0.05) is 36.0 Å². The molecule has 150 valence electrons. The largest absolute Gasteiger partial charge is 0.468 e. The summed E-state index contributed by atoms with van der Waals surface area (Å²) < 4.78 is 13.1. The molecule has 4 heterocycles. The molecule has 0 atom stereocenters. The number of aryl methyl sites for hydroxylation is 2. The number of aromatic nitrogens is 4. The maximum atomic E-state index is 5.56.